The van der Waals surface area contributed by atoms with Crippen LogP contribution in [0.5, 0.6) is 0 Å². The zero-order chi connectivity index (χ0) is 21.4. The Balaban J connectivity index is 1.62. The molecule has 1 aliphatic carbocycles. The lowest BCUT2D eigenvalue weighted by Gasteiger charge is -2.25. The highest BCUT2D eigenvalue weighted by Gasteiger charge is 2.50. The van der Waals surface area contributed by atoms with Gasteiger partial charge in [0.15, 0.2) is 0 Å². The SMILES string of the molecule is C[C@@H]1CC[C@@H]2C(=O)N(c3ccc(N[C@@H]4CCCCNC4=O)c([N+](=O)[O-])c3)C(=O)[C@H]2C1. The first-order valence-electron chi connectivity index (χ1n) is 10.6. The summed E-state index contributed by atoms with van der Waals surface area (Å²) < 4.78 is 0. The molecule has 160 valence electrons. The first kappa shape index (κ1) is 20.3. The van der Waals surface area contributed by atoms with E-state index in [0.29, 0.717) is 31.7 Å². The molecule has 0 bridgehead atoms. The first-order chi connectivity index (χ1) is 14.4. The van der Waals surface area contributed by atoms with Crippen molar-refractivity contribution in [2.45, 2.75) is 51.5 Å². The monoisotopic (exact) mass is 414 g/mol. The van der Waals surface area contributed by atoms with Gasteiger partial charge in [0, 0.05) is 12.6 Å². The number of carbonyl (C=O) groups excluding carboxylic acids is 3. The van der Waals surface area contributed by atoms with Crippen molar-refractivity contribution < 1.29 is 19.3 Å². The molecule has 0 spiro atoms. The van der Waals surface area contributed by atoms with Gasteiger partial charge in [0.25, 0.3) is 5.69 Å². The number of anilines is 2. The molecule has 3 amide bonds. The normalized spacial score (nSPS) is 29.2. The van der Waals surface area contributed by atoms with Crippen LogP contribution in [0, 0.1) is 27.9 Å². The number of fused-ring (bicyclic) bond motifs is 1. The molecule has 4 atom stereocenters. The van der Waals surface area contributed by atoms with Crippen LogP contribution in [0.4, 0.5) is 17.1 Å². The smallest absolute Gasteiger partial charge is 0.294 e. The molecule has 0 aromatic heterocycles. The molecular weight excluding hydrogens is 388 g/mol. The van der Waals surface area contributed by atoms with Crippen LogP contribution >= 0.6 is 0 Å². The minimum absolute atomic E-state index is 0.186. The minimum atomic E-state index is -0.559. The van der Waals surface area contributed by atoms with E-state index in [1.807, 2.05) is 0 Å². The number of rotatable bonds is 4. The fourth-order valence-corrected chi connectivity index (χ4v) is 4.84. The number of nitro benzene ring substituents is 1. The van der Waals surface area contributed by atoms with Crippen molar-refractivity contribution in [1.29, 1.82) is 0 Å². The number of nitro groups is 1. The number of amides is 3. The van der Waals surface area contributed by atoms with Crippen LogP contribution in [-0.2, 0) is 14.4 Å². The molecule has 2 N–H and O–H groups in total. The van der Waals surface area contributed by atoms with Crippen LogP contribution in [0.15, 0.2) is 18.2 Å². The molecule has 9 heteroatoms. The molecule has 3 aliphatic rings. The molecule has 4 rings (SSSR count). The van der Waals surface area contributed by atoms with Crippen LogP contribution in [0.3, 0.4) is 0 Å². The van der Waals surface area contributed by atoms with Crippen LogP contribution in [-0.4, -0.2) is 35.2 Å². The minimum Gasteiger partial charge on any atom is -0.368 e. The molecule has 9 nitrogen and oxygen atoms in total. The van der Waals surface area contributed by atoms with E-state index in [4.69, 9.17) is 0 Å². The van der Waals surface area contributed by atoms with Gasteiger partial charge in [-0.3, -0.25) is 24.5 Å². The Morgan fingerprint density at radius 1 is 1.10 bits per heavy atom. The Labute approximate surface area is 174 Å². The van der Waals surface area contributed by atoms with E-state index in [-0.39, 0.29) is 46.6 Å². The highest BCUT2D eigenvalue weighted by atomic mass is 16.6. The van der Waals surface area contributed by atoms with Crippen LogP contribution in [0.1, 0.15) is 45.4 Å². The molecular formula is C21H26N4O5. The average molecular weight is 414 g/mol. The van der Waals surface area contributed by atoms with Crippen molar-refractivity contribution in [3.8, 4) is 0 Å². The largest absolute Gasteiger partial charge is 0.368 e. The molecule has 1 aromatic rings. The number of nitrogens with zero attached hydrogens (tertiary/aromatic N) is 2. The maximum absolute atomic E-state index is 12.9. The summed E-state index contributed by atoms with van der Waals surface area (Å²) in [7, 11) is 0. The second-order valence-corrected chi connectivity index (χ2v) is 8.59. The standard InChI is InChI=1S/C21H26N4O5/c1-12-5-7-14-15(10-12)21(28)24(20(14)27)13-6-8-16(18(11-13)25(29)30)23-17-4-2-3-9-22-19(17)26/h6,8,11-12,14-15,17,23H,2-5,7,9-10H2,1H3,(H,22,26)/t12-,14+,15+,17-/m1/s1. The maximum atomic E-state index is 12.9. The van der Waals surface area contributed by atoms with E-state index >= 15 is 0 Å². The maximum Gasteiger partial charge on any atom is 0.294 e. The number of carbonyl (C=O) groups is 3. The predicted octanol–water partition coefficient (Wildman–Crippen LogP) is 2.60. The number of imide groups is 1. The Hall–Kier alpha value is -2.97. The molecule has 3 fully saturated rings. The van der Waals surface area contributed by atoms with Gasteiger partial charge in [-0.25, -0.2) is 4.90 Å². The van der Waals surface area contributed by atoms with Gasteiger partial charge in [0.05, 0.1) is 22.4 Å². The number of hydrogen-bond acceptors (Lipinski definition) is 6. The van der Waals surface area contributed by atoms with E-state index in [1.165, 1.54) is 12.1 Å². The lowest BCUT2D eigenvalue weighted by molar-refractivity contribution is -0.383. The summed E-state index contributed by atoms with van der Waals surface area (Å²) in [6.07, 6.45) is 4.52. The van der Waals surface area contributed by atoms with Crippen molar-refractivity contribution >= 4 is 34.8 Å². The fourth-order valence-electron chi connectivity index (χ4n) is 4.84. The van der Waals surface area contributed by atoms with Gasteiger partial charge in [0.1, 0.15) is 11.7 Å². The van der Waals surface area contributed by atoms with Gasteiger partial charge in [0.2, 0.25) is 17.7 Å². The fraction of sp³-hybridized carbons (Fsp3) is 0.571. The van der Waals surface area contributed by atoms with Gasteiger partial charge in [-0.2, -0.15) is 0 Å². The molecule has 30 heavy (non-hydrogen) atoms. The van der Waals surface area contributed by atoms with Gasteiger partial charge < -0.3 is 10.6 Å². The summed E-state index contributed by atoms with van der Waals surface area (Å²) in [5, 5.41) is 17.5. The summed E-state index contributed by atoms with van der Waals surface area (Å²) in [4.78, 5) is 50.3. The number of hydrogen-bond donors (Lipinski definition) is 2. The topological polar surface area (TPSA) is 122 Å². The first-order valence-corrected chi connectivity index (χ1v) is 10.6. The van der Waals surface area contributed by atoms with Crippen molar-refractivity contribution in [3.05, 3.63) is 28.3 Å². The summed E-state index contributed by atoms with van der Waals surface area (Å²) in [6, 6.07) is 3.72. The Bertz CT molecular complexity index is 901. The van der Waals surface area contributed by atoms with Crippen molar-refractivity contribution in [2.75, 3.05) is 16.8 Å². The Morgan fingerprint density at radius 3 is 2.63 bits per heavy atom. The van der Waals surface area contributed by atoms with E-state index in [9.17, 15) is 24.5 Å². The van der Waals surface area contributed by atoms with Crippen molar-refractivity contribution in [2.24, 2.45) is 17.8 Å². The summed E-state index contributed by atoms with van der Waals surface area (Å²) >= 11 is 0. The highest BCUT2D eigenvalue weighted by Crippen LogP contribution is 2.43. The summed E-state index contributed by atoms with van der Waals surface area (Å²) in [5.41, 5.74) is 0.166. The third-order valence-corrected chi connectivity index (χ3v) is 6.49. The zero-order valence-corrected chi connectivity index (χ0v) is 16.9. The second kappa shape index (κ2) is 8.04. The lowest BCUT2D eigenvalue weighted by Crippen LogP contribution is -2.38. The molecule has 0 unspecified atom stereocenters. The molecule has 0 radical (unpaired) electrons. The van der Waals surface area contributed by atoms with Gasteiger partial charge >= 0.3 is 0 Å². The van der Waals surface area contributed by atoms with Crippen LogP contribution in [0.2, 0.25) is 0 Å². The van der Waals surface area contributed by atoms with E-state index < -0.39 is 11.0 Å². The third kappa shape index (κ3) is 3.64. The van der Waals surface area contributed by atoms with Gasteiger partial charge in [-0.15, -0.1) is 0 Å². The zero-order valence-electron chi connectivity index (χ0n) is 16.9. The Morgan fingerprint density at radius 2 is 1.87 bits per heavy atom. The van der Waals surface area contributed by atoms with Crippen molar-refractivity contribution in [3.63, 3.8) is 0 Å². The van der Waals surface area contributed by atoms with E-state index in [1.54, 1.807) is 6.07 Å². The average Bonchev–Trinajstić information content (AvgIpc) is 2.83. The molecule has 1 saturated carbocycles. The van der Waals surface area contributed by atoms with Gasteiger partial charge in [-0.05, 0) is 56.6 Å². The number of benzene rings is 1. The predicted molar refractivity (Wildman–Crippen MR) is 110 cm³/mol. The molecule has 2 saturated heterocycles. The highest BCUT2D eigenvalue weighted by molar-refractivity contribution is 6.22. The van der Waals surface area contributed by atoms with E-state index in [2.05, 4.69) is 17.6 Å². The molecule has 2 aliphatic heterocycles. The van der Waals surface area contributed by atoms with Crippen LogP contribution < -0.4 is 15.5 Å². The lowest BCUT2D eigenvalue weighted by atomic mass is 9.76. The number of nitrogens with one attached hydrogen (secondary N) is 2. The third-order valence-electron chi connectivity index (χ3n) is 6.49. The quantitative estimate of drug-likeness (QED) is 0.444. The van der Waals surface area contributed by atoms with E-state index in [0.717, 1.165) is 24.2 Å². The molecule has 1 aromatic carbocycles. The van der Waals surface area contributed by atoms with Crippen molar-refractivity contribution in [1.82, 2.24) is 5.32 Å². The van der Waals surface area contributed by atoms with Gasteiger partial charge in [-0.1, -0.05) is 6.92 Å². The van der Waals surface area contributed by atoms with Crippen LogP contribution in [0.25, 0.3) is 0 Å². The summed E-state index contributed by atoms with van der Waals surface area (Å²) in [6.45, 7) is 2.67. The second-order valence-electron chi connectivity index (χ2n) is 8.59. The summed E-state index contributed by atoms with van der Waals surface area (Å²) in [5.74, 6) is -1.01. The Kier molecular flexibility index (Phi) is 5.44. The molecule has 2 heterocycles.